The zero-order chi connectivity index (χ0) is 25.3. The fourth-order valence-corrected chi connectivity index (χ4v) is 5.34. The predicted octanol–water partition coefficient (Wildman–Crippen LogP) is 3.53. The number of ether oxygens (including phenoxy) is 4. The number of carbonyl (C=O) groups excluding carboxylic acids is 2. The third kappa shape index (κ3) is 3.84. The number of amides is 1. The molecule has 10 heteroatoms. The highest BCUT2D eigenvalue weighted by atomic mass is 32.2. The molecule has 2 aliphatic rings. The monoisotopic (exact) mass is 493 g/mol. The van der Waals surface area contributed by atoms with Crippen molar-refractivity contribution >= 4 is 23.6 Å². The Hall–Kier alpha value is -4.10. The number of esters is 1. The van der Waals surface area contributed by atoms with E-state index >= 15 is 0 Å². The summed E-state index contributed by atoms with van der Waals surface area (Å²) >= 11 is 1.24. The summed E-state index contributed by atoms with van der Waals surface area (Å²) in [5, 5.41) is 10.6. The van der Waals surface area contributed by atoms with Crippen LogP contribution in [0.25, 0.3) is 0 Å². The summed E-state index contributed by atoms with van der Waals surface area (Å²) in [6.45, 7) is 1.75. The summed E-state index contributed by atoms with van der Waals surface area (Å²) in [5.41, 5.74) is 7.56. The molecule has 2 heterocycles. The third-order valence-corrected chi connectivity index (χ3v) is 6.86. The van der Waals surface area contributed by atoms with Crippen molar-refractivity contribution in [1.82, 2.24) is 4.90 Å². The second-order valence-electron chi connectivity index (χ2n) is 7.48. The molecule has 0 radical (unpaired) electrons. The molecule has 0 saturated carbocycles. The predicted molar refractivity (Wildman–Crippen MR) is 128 cm³/mol. The van der Waals surface area contributed by atoms with Gasteiger partial charge in [0.25, 0.3) is 5.91 Å². The Morgan fingerprint density at radius 3 is 2.37 bits per heavy atom. The Kier molecular flexibility index (Phi) is 6.62. The molecule has 0 saturated heterocycles. The lowest BCUT2D eigenvalue weighted by molar-refractivity contribution is -0.138. The van der Waals surface area contributed by atoms with Gasteiger partial charge in [0, 0.05) is 4.90 Å². The molecule has 2 aliphatic heterocycles. The van der Waals surface area contributed by atoms with Gasteiger partial charge in [0.05, 0.1) is 56.6 Å². The van der Waals surface area contributed by atoms with E-state index in [4.69, 9.17) is 24.7 Å². The van der Waals surface area contributed by atoms with Crippen molar-refractivity contribution in [2.75, 3.05) is 27.9 Å². The average Bonchev–Trinajstić information content (AvgIpc) is 2.87. The van der Waals surface area contributed by atoms with Gasteiger partial charge in [-0.2, -0.15) is 5.26 Å². The van der Waals surface area contributed by atoms with Crippen molar-refractivity contribution in [1.29, 1.82) is 5.26 Å². The molecule has 2 N–H and O–H groups in total. The normalized spacial score (nSPS) is 16.8. The first-order valence-electron chi connectivity index (χ1n) is 10.6. The van der Waals surface area contributed by atoms with Gasteiger partial charge in [-0.25, -0.2) is 4.79 Å². The van der Waals surface area contributed by atoms with Crippen LogP contribution in [-0.2, 0) is 9.53 Å². The van der Waals surface area contributed by atoms with E-state index in [0.29, 0.717) is 38.3 Å². The van der Waals surface area contributed by atoms with Crippen LogP contribution < -0.4 is 19.9 Å². The van der Waals surface area contributed by atoms with E-state index in [1.165, 1.54) is 38.0 Å². The van der Waals surface area contributed by atoms with Crippen molar-refractivity contribution in [3.8, 4) is 23.3 Å². The van der Waals surface area contributed by atoms with Crippen LogP contribution in [0.4, 0.5) is 0 Å². The molecule has 9 nitrogen and oxygen atoms in total. The molecule has 4 rings (SSSR count). The van der Waals surface area contributed by atoms with Crippen LogP contribution in [0, 0.1) is 11.3 Å². The standard InChI is InChI=1S/C25H23N3O6S/c1-5-34-25(30)20-19(13-10-16(31-2)21(33-4)17(11-13)32-3)15(12-26)24-28(22(20)27)23(29)14-8-6-7-9-18(14)35-24/h6-11,19H,5,27H2,1-4H3. The van der Waals surface area contributed by atoms with Crippen LogP contribution in [0.3, 0.4) is 0 Å². The molecule has 35 heavy (non-hydrogen) atoms. The highest BCUT2D eigenvalue weighted by Gasteiger charge is 2.45. The zero-order valence-corrected chi connectivity index (χ0v) is 20.4. The number of nitrogens with zero attached hydrogens (tertiary/aromatic N) is 2. The van der Waals surface area contributed by atoms with E-state index in [-0.39, 0.29) is 23.6 Å². The first kappa shape index (κ1) is 24.0. The van der Waals surface area contributed by atoms with Crippen LogP contribution >= 0.6 is 11.8 Å². The number of allylic oxidation sites excluding steroid dienone is 1. The highest BCUT2D eigenvalue weighted by Crippen LogP contribution is 2.51. The van der Waals surface area contributed by atoms with Crippen molar-refractivity contribution in [2.24, 2.45) is 5.73 Å². The highest BCUT2D eigenvalue weighted by molar-refractivity contribution is 8.03. The Balaban J connectivity index is 2.03. The molecule has 0 aliphatic carbocycles. The number of fused-ring (bicyclic) bond motifs is 2. The number of rotatable bonds is 6. The summed E-state index contributed by atoms with van der Waals surface area (Å²) in [7, 11) is 4.41. The minimum Gasteiger partial charge on any atom is -0.493 e. The molecular weight excluding hydrogens is 470 g/mol. The van der Waals surface area contributed by atoms with Gasteiger partial charge in [-0.15, -0.1) is 0 Å². The van der Waals surface area contributed by atoms with Gasteiger partial charge < -0.3 is 24.7 Å². The zero-order valence-electron chi connectivity index (χ0n) is 19.6. The van der Waals surface area contributed by atoms with Gasteiger partial charge in [-0.3, -0.25) is 9.69 Å². The molecule has 1 atom stereocenters. The van der Waals surface area contributed by atoms with Crippen molar-refractivity contribution in [3.63, 3.8) is 0 Å². The molecule has 2 aromatic carbocycles. The quantitative estimate of drug-likeness (QED) is 0.602. The summed E-state index contributed by atoms with van der Waals surface area (Å²) in [5.74, 6) is -1.16. The first-order chi connectivity index (χ1) is 16.9. The molecule has 0 aromatic heterocycles. The number of carbonyl (C=O) groups is 2. The van der Waals surface area contributed by atoms with E-state index in [9.17, 15) is 14.9 Å². The van der Waals surface area contributed by atoms with E-state index in [1.54, 1.807) is 37.3 Å². The topological polar surface area (TPSA) is 124 Å². The molecule has 2 aromatic rings. The Bertz CT molecular complexity index is 1300. The number of methoxy groups -OCH3 is 3. The number of benzene rings is 2. The smallest absolute Gasteiger partial charge is 0.338 e. The number of hydrogen-bond donors (Lipinski definition) is 1. The first-order valence-corrected chi connectivity index (χ1v) is 11.5. The molecule has 1 unspecified atom stereocenters. The van der Waals surface area contributed by atoms with E-state index in [2.05, 4.69) is 6.07 Å². The fourth-order valence-electron chi connectivity index (χ4n) is 4.17. The van der Waals surface area contributed by atoms with Crippen molar-refractivity contribution in [2.45, 2.75) is 17.7 Å². The van der Waals surface area contributed by atoms with Gasteiger partial charge in [-0.05, 0) is 36.8 Å². The van der Waals surface area contributed by atoms with Crippen molar-refractivity contribution < 1.29 is 28.5 Å². The molecule has 1 amide bonds. The summed E-state index contributed by atoms with van der Waals surface area (Å²) in [4.78, 5) is 28.5. The summed E-state index contributed by atoms with van der Waals surface area (Å²) in [6.07, 6.45) is 0. The number of nitriles is 1. The number of hydrogen-bond acceptors (Lipinski definition) is 9. The maximum absolute atomic E-state index is 13.4. The maximum Gasteiger partial charge on any atom is 0.338 e. The summed E-state index contributed by atoms with van der Waals surface area (Å²) < 4.78 is 21.7. The minimum absolute atomic E-state index is 0.0187. The SMILES string of the molecule is CCOC(=O)C1=C(N)N2C(=O)c3ccccc3SC2=C(C#N)C1c1cc(OC)c(OC)c(OC)c1. The lowest BCUT2D eigenvalue weighted by atomic mass is 9.82. The Morgan fingerprint density at radius 2 is 1.80 bits per heavy atom. The minimum atomic E-state index is -0.940. The van der Waals surface area contributed by atoms with Gasteiger partial charge in [0.2, 0.25) is 5.75 Å². The van der Waals surface area contributed by atoms with Crippen LogP contribution in [-0.4, -0.2) is 44.7 Å². The molecule has 0 fully saturated rings. The largest absolute Gasteiger partial charge is 0.493 e. The average molecular weight is 494 g/mol. The second kappa shape index (κ2) is 9.64. The van der Waals surface area contributed by atoms with E-state index in [1.807, 2.05) is 6.07 Å². The number of nitrogens with two attached hydrogens (primary N) is 1. The van der Waals surface area contributed by atoms with Crippen LogP contribution in [0.1, 0.15) is 28.8 Å². The van der Waals surface area contributed by atoms with Crippen LogP contribution in [0.5, 0.6) is 17.2 Å². The van der Waals surface area contributed by atoms with Gasteiger partial charge in [0.1, 0.15) is 10.9 Å². The fraction of sp³-hybridized carbons (Fsp3) is 0.240. The van der Waals surface area contributed by atoms with Crippen LogP contribution in [0.15, 0.2) is 63.3 Å². The van der Waals surface area contributed by atoms with E-state index < -0.39 is 17.8 Å². The Morgan fingerprint density at radius 1 is 1.14 bits per heavy atom. The van der Waals surface area contributed by atoms with Gasteiger partial charge >= 0.3 is 5.97 Å². The van der Waals surface area contributed by atoms with Gasteiger partial charge in [-0.1, -0.05) is 23.9 Å². The van der Waals surface area contributed by atoms with E-state index in [0.717, 1.165) is 0 Å². The lowest BCUT2D eigenvalue weighted by Gasteiger charge is -2.38. The second-order valence-corrected chi connectivity index (χ2v) is 8.51. The molecule has 0 bridgehead atoms. The Labute approximate surface area is 206 Å². The van der Waals surface area contributed by atoms with Crippen molar-refractivity contribution in [3.05, 3.63) is 69.5 Å². The lowest BCUT2D eigenvalue weighted by Crippen LogP contribution is -2.42. The molecule has 0 spiro atoms. The van der Waals surface area contributed by atoms with Crippen LogP contribution in [0.2, 0.25) is 0 Å². The molecule has 180 valence electrons. The summed E-state index contributed by atoms with van der Waals surface area (Å²) in [6, 6.07) is 12.5. The molecular formula is C25H23N3O6S. The maximum atomic E-state index is 13.4. The van der Waals surface area contributed by atoms with Gasteiger partial charge in [0.15, 0.2) is 11.5 Å². The number of thioether (sulfide) groups is 1. The third-order valence-electron chi connectivity index (χ3n) is 5.69.